The van der Waals surface area contributed by atoms with Gasteiger partial charge in [0.15, 0.2) is 0 Å². The molecule has 0 aliphatic carbocycles. The maximum absolute atomic E-state index is 12.4. The first-order valence-electron chi connectivity index (χ1n) is 9.62. The molecule has 150 valence electrons. The molecule has 6 heteroatoms. The van der Waals surface area contributed by atoms with E-state index in [2.05, 4.69) is 34.5 Å². The van der Waals surface area contributed by atoms with Crippen LogP contribution in [0.15, 0.2) is 48.5 Å². The Labute approximate surface area is 166 Å². The van der Waals surface area contributed by atoms with Gasteiger partial charge in [0.05, 0.1) is 19.8 Å². The Hall–Kier alpha value is -2.41. The Kier molecular flexibility index (Phi) is 7.84. The zero-order valence-electron chi connectivity index (χ0n) is 16.4. The van der Waals surface area contributed by atoms with E-state index in [0.717, 1.165) is 38.4 Å². The Morgan fingerprint density at radius 1 is 1.07 bits per heavy atom. The summed E-state index contributed by atoms with van der Waals surface area (Å²) in [5.41, 5.74) is 2.93. The smallest absolute Gasteiger partial charge is 0.251 e. The van der Waals surface area contributed by atoms with E-state index in [0.29, 0.717) is 31.1 Å². The predicted octanol–water partition coefficient (Wildman–Crippen LogP) is 2.47. The quantitative estimate of drug-likeness (QED) is 0.673. The van der Waals surface area contributed by atoms with Crippen LogP contribution in [0.2, 0.25) is 0 Å². The third-order valence-corrected chi connectivity index (χ3v) is 4.64. The van der Waals surface area contributed by atoms with Gasteiger partial charge in [0, 0.05) is 38.9 Å². The molecule has 2 aromatic rings. The van der Waals surface area contributed by atoms with E-state index in [1.165, 1.54) is 5.56 Å². The number of nitrogens with one attached hydrogen (secondary N) is 1. The molecule has 0 bridgehead atoms. The fourth-order valence-corrected chi connectivity index (χ4v) is 3.03. The van der Waals surface area contributed by atoms with Crippen LogP contribution < -0.4 is 10.1 Å². The highest BCUT2D eigenvalue weighted by Gasteiger charge is 2.11. The first kappa shape index (κ1) is 20.3. The molecule has 1 amide bonds. The van der Waals surface area contributed by atoms with E-state index in [9.17, 15) is 4.79 Å². The Morgan fingerprint density at radius 3 is 2.57 bits per heavy atom. The van der Waals surface area contributed by atoms with E-state index in [-0.39, 0.29) is 5.91 Å². The number of hydrogen-bond acceptors (Lipinski definition) is 5. The summed E-state index contributed by atoms with van der Waals surface area (Å²) in [5.74, 6) is 0.548. The van der Waals surface area contributed by atoms with Crippen LogP contribution in [0.4, 0.5) is 0 Å². The third-order valence-electron chi connectivity index (χ3n) is 4.64. The largest absolute Gasteiger partial charge is 0.491 e. The van der Waals surface area contributed by atoms with Gasteiger partial charge >= 0.3 is 0 Å². The lowest BCUT2D eigenvalue weighted by molar-refractivity contribution is 0.0342. The summed E-state index contributed by atoms with van der Waals surface area (Å²) in [6.07, 6.45) is 0. The maximum Gasteiger partial charge on any atom is 0.251 e. The first-order valence-corrected chi connectivity index (χ1v) is 9.62. The van der Waals surface area contributed by atoms with Crippen molar-refractivity contribution < 1.29 is 19.0 Å². The van der Waals surface area contributed by atoms with Gasteiger partial charge in [-0.05, 0) is 29.3 Å². The predicted molar refractivity (Wildman–Crippen MR) is 108 cm³/mol. The molecule has 2 aromatic carbocycles. The third kappa shape index (κ3) is 6.34. The summed E-state index contributed by atoms with van der Waals surface area (Å²) in [5, 5.41) is 2.96. The Bertz CT molecular complexity index is 742. The Balaban J connectivity index is 1.48. The van der Waals surface area contributed by atoms with Gasteiger partial charge in [-0.25, -0.2) is 0 Å². The number of nitrogens with zero attached hydrogens (tertiary/aromatic N) is 1. The van der Waals surface area contributed by atoms with Crippen molar-refractivity contribution in [3.8, 4) is 5.75 Å². The number of rotatable bonds is 9. The van der Waals surface area contributed by atoms with E-state index in [4.69, 9.17) is 14.2 Å². The summed E-state index contributed by atoms with van der Waals surface area (Å²) < 4.78 is 15.9. The summed E-state index contributed by atoms with van der Waals surface area (Å²) in [6, 6.07) is 15.6. The lowest BCUT2D eigenvalue weighted by Crippen LogP contribution is -2.35. The monoisotopic (exact) mass is 384 g/mol. The van der Waals surface area contributed by atoms with Gasteiger partial charge in [-0.2, -0.15) is 0 Å². The van der Waals surface area contributed by atoms with Crippen molar-refractivity contribution in [2.24, 2.45) is 0 Å². The normalized spacial score (nSPS) is 14.6. The molecule has 0 spiro atoms. The van der Waals surface area contributed by atoms with Gasteiger partial charge < -0.3 is 19.5 Å². The van der Waals surface area contributed by atoms with Crippen LogP contribution in [0.25, 0.3) is 0 Å². The zero-order valence-corrected chi connectivity index (χ0v) is 16.4. The second-order valence-corrected chi connectivity index (χ2v) is 6.76. The lowest BCUT2D eigenvalue weighted by Gasteiger charge is -2.26. The zero-order chi connectivity index (χ0) is 19.6. The van der Waals surface area contributed by atoms with E-state index < -0.39 is 0 Å². The second-order valence-electron chi connectivity index (χ2n) is 6.76. The minimum Gasteiger partial charge on any atom is -0.491 e. The average molecular weight is 384 g/mol. The molecular formula is C22H28N2O4. The lowest BCUT2D eigenvalue weighted by atomic mass is 10.1. The SMILES string of the molecule is COCCOc1cccc(C(=O)NCc2ccc(CN3CCOCC3)cc2)c1. The fraction of sp³-hybridized carbons (Fsp3) is 0.409. The van der Waals surface area contributed by atoms with Crippen molar-refractivity contribution in [2.75, 3.05) is 46.6 Å². The van der Waals surface area contributed by atoms with Crippen LogP contribution in [0.5, 0.6) is 5.75 Å². The molecular weight excluding hydrogens is 356 g/mol. The van der Waals surface area contributed by atoms with Crippen molar-refractivity contribution in [3.05, 3.63) is 65.2 Å². The molecule has 1 aliphatic rings. The minimum atomic E-state index is -0.116. The number of benzene rings is 2. The van der Waals surface area contributed by atoms with Crippen LogP contribution >= 0.6 is 0 Å². The van der Waals surface area contributed by atoms with Crippen molar-refractivity contribution in [1.29, 1.82) is 0 Å². The van der Waals surface area contributed by atoms with E-state index >= 15 is 0 Å². The molecule has 0 radical (unpaired) electrons. The minimum absolute atomic E-state index is 0.116. The molecule has 0 saturated carbocycles. The van der Waals surface area contributed by atoms with Crippen LogP contribution in [0.1, 0.15) is 21.5 Å². The number of carbonyl (C=O) groups is 1. The highest BCUT2D eigenvalue weighted by atomic mass is 16.5. The van der Waals surface area contributed by atoms with Crippen molar-refractivity contribution in [3.63, 3.8) is 0 Å². The molecule has 1 heterocycles. The van der Waals surface area contributed by atoms with Gasteiger partial charge in [-0.15, -0.1) is 0 Å². The topological polar surface area (TPSA) is 60.0 Å². The highest BCUT2D eigenvalue weighted by Crippen LogP contribution is 2.14. The summed E-state index contributed by atoms with van der Waals surface area (Å²) in [4.78, 5) is 14.8. The number of carbonyl (C=O) groups excluding carboxylic acids is 1. The number of ether oxygens (including phenoxy) is 3. The van der Waals surface area contributed by atoms with Crippen LogP contribution in [-0.4, -0.2) is 57.4 Å². The molecule has 1 N–H and O–H groups in total. The van der Waals surface area contributed by atoms with Gasteiger partial charge in [-0.1, -0.05) is 30.3 Å². The van der Waals surface area contributed by atoms with Crippen LogP contribution in [0.3, 0.4) is 0 Å². The molecule has 0 unspecified atom stereocenters. The van der Waals surface area contributed by atoms with Crippen molar-refractivity contribution in [2.45, 2.75) is 13.1 Å². The standard InChI is InChI=1S/C22H28N2O4/c1-26-13-14-28-21-4-2-3-20(15-21)22(25)23-16-18-5-7-19(8-6-18)17-24-9-11-27-12-10-24/h2-8,15H,9-14,16-17H2,1H3,(H,23,25). The van der Waals surface area contributed by atoms with Crippen LogP contribution in [0, 0.1) is 0 Å². The van der Waals surface area contributed by atoms with Crippen molar-refractivity contribution in [1.82, 2.24) is 10.2 Å². The summed E-state index contributed by atoms with van der Waals surface area (Å²) in [7, 11) is 1.63. The number of hydrogen-bond donors (Lipinski definition) is 1. The molecule has 0 aromatic heterocycles. The molecule has 28 heavy (non-hydrogen) atoms. The van der Waals surface area contributed by atoms with Crippen molar-refractivity contribution >= 4 is 5.91 Å². The van der Waals surface area contributed by atoms with Gasteiger partial charge in [-0.3, -0.25) is 9.69 Å². The maximum atomic E-state index is 12.4. The molecule has 3 rings (SSSR count). The number of amides is 1. The summed E-state index contributed by atoms with van der Waals surface area (Å²) in [6.45, 7) is 5.97. The average Bonchev–Trinajstić information content (AvgIpc) is 2.74. The fourth-order valence-electron chi connectivity index (χ4n) is 3.03. The summed E-state index contributed by atoms with van der Waals surface area (Å²) >= 11 is 0. The van der Waals surface area contributed by atoms with Gasteiger partial charge in [0.1, 0.15) is 12.4 Å². The van der Waals surface area contributed by atoms with Crippen LogP contribution in [-0.2, 0) is 22.6 Å². The molecule has 6 nitrogen and oxygen atoms in total. The first-order chi connectivity index (χ1) is 13.7. The van der Waals surface area contributed by atoms with E-state index in [1.807, 2.05) is 12.1 Å². The van der Waals surface area contributed by atoms with E-state index in [1.54, 1.807) is 19.2 Å². The molecule has 0 atom stereocenters. The molecule has 1 fully saturated rings. The molecule has 1 aliphatic heterocycles. The Morgan fingerprint density at radius 2 is 1.82 bits per heavy atom. The second kappa shape index (κ2) is 10.8. The van der Waals surface area contributed by atoms with Gasteiger partial charge in [0.25, 0.3) is 5.91 Å². The molecule has 1 saturated heterocycles. The number of morpholine rings is 1. The van der Waals surface area contributed by atoms with Gasteiger partial charge in [0.2, 0.25) is 0 Å². The number of methoxy groups -OCH3 is 1. The highest BCUT2D eigenvalue weighted by molar-refractivity contribution is 5.94.